The first-order valence-electron chi connectivity index (χ1n) is 9.25. The minimum absolute atomic E-state index is 0.0354. The zero-order chi connectivity index (χ0) is 20.1. The van der Waals surface area contributed by atoms with Gasteiger partial charge >= 0.3 is 6.03 Å². The normalized spacial score (nSPS) is 14.5. The van der Waals surface area contributed by atoms with E-state index in [9.17, 15) is 4.79 Å². The molecule has 1 N–H and O–H groups in total. The number of benzene rings is 1. The van der Waals surface area contributed by atoms with E-state index in [1.54, 1.807) is 37.3 Å². The number of rotatable bonds is 5. The number of nitrogens with one attached hydrogen (secondary N) is 1. The van der Waals surface area contributed by atoms with E-state index in [1.807, 2.05) is 19.9 Å². The lowest BCUT2D eigenvalue weighted by Crippen LogP contribution is -2.43. The Morgan fingerprint density at radius 1 is 1.11 bits per heavy atom. The van der Waals surface area contributed by atoms with Crippen molar-refractivity contribution >= 4 is 11.7 Å². The average molecular weight is 386 g/mol. The van der Waals surface area contributed by atoms with Crippen molar-refractivity contribution < 1.29 is 19.0 Å². The number of hydrogen-bond donors (Lipinski definition) is 1. The first-order chi connectivity index (χ1) is 13.5. The molecular formula is C20H26N4O4. The molecule has 0 unspecified atom stereocenters. The summed E-state index contributed by atoms with van der Waals surface area (Å²) in [4.78, 5) is 23.0. The molecule has 8 nitrogen and oxygen atoms in total. The van der Waals surface area contributed by atoms with Crippen LogP contribution in [0.25, 0.3) is 0 Å². The lowest BCUT2D eigenvalue weighted by Gasteiger charge is -2.32. The van der Waals surface area contributed by atoms with Crippen LogP contribution in [0.5, 0.6) is 17.4 Å². The number of nitrogens with zero attached hydrogens (tertiary/aromatic N) is 3. The first kappa shape index (κ1) is 19.7. The number of amides is 2. The second kappa shape index (κ2) is 8.77. The SMILES string of the molecule is COc1ccc(NC(=O)N2CCC(Oc3cc(C)nc(C)n3)CC2)c(OC)c1. The van der Waals surface area contributed by atoms with Gasteiger partial charge in [-0.3, -0.25) is 0 Å². The summed E-state index contributed by atoms with van der Waals surface area (Å²) in [6.07, 6.45) is 1.53. The Labute approximate surface area is 164 Å². The quantitative estimate of drug-likeness (QED) is 0.849. The van der Waals surface area contributed by atoms with Crippen LogP contribution in [0.1, 0.15) is 24.4 Å². The van der Waals surface area contributed by atoms with Crippen LogP contribution in [-0.2, 0) is 0 Å². The first-order valence-corrected chi connectivity index (χ1v) is 9.25. The molecule has 1 fully saturated rings. The van der Waals surface area contributed by atoms with Gasteiger partial charge in [-0.25, -0.2) is 9.78 Å². The Bertz CT molecular complexity index is 815. The van der Waals surface area contributed by atoms with Gasteiger partial charge in [0.25, 0.3) is 0 Å². The van der Waals surface area contributed by atoms with E-state index >= 15 is 0 Å². The van der Waals surface area contributed by atoms with Crippen molar-refractivity contribution in [2.45, 2.75) is 32.8 Å². The monoisotopic (exact) mass is 386 g/mol. The molecule has 0 atom stereocenters. The Morgan fingerprint density at radius 3 is 2.50 bits per heavy atom. The van der Waals surface area contributed by atoms with Crippen LogP contribution in [0.15, 0.2) is 24.3 Å². The largest absolute Gasteiger partial charge is 0.497 e. The zero-order valence-corrected chi connectivity index (χ0v) is 16.7. The van der Waals surface area contributed by atoms with Crippen LogP contribution in [-0.4, -0.2) is 54.3 Å². The zero-order valence-electron chi connectivity index (χ0n) is 16.7. The van der Waals surface area contributed by atoms with Crippen LogP contribution in [0.2, 0.25) is 0 Å². The fourth-order valence-electron chi connectivity index (χ4n) is 3.19. The molecule has 0 radical (unpaired) electrons. The molecule has 1 aromatic heterocycles. The van der Waals surface area contributed by atoms with Crippen molar-refractivity contribution in [3.8, 4) is 17.4 Å². The van der Waals surface area contributed by atoms with Crippen LogP contribution in [0, 0.1) is 13.8 Å². The molecule has 2 amide bonds. The molecule has 1 aliphatic heterocycles. The highest BCUT2D eigenvalue weighted by molar-refractivity contribution is 5.91. The van der Waals surface area contributed by atoms with Crippen molar-refractivity contribution in [3.63, 3.8) is 0 Å². The van der Waals surface area contributed by atoms with Gasteiger partial charge in [0.05, 0.1) is 19.9 Å². The van der Waals surface area contributed by atoms with Gasteiger partial charge in [-0.05, 0) is 26.0 Å². The number of hydrogen-bond acceptors (Lipinski definition) is 6. The number of urea groups is 1. The average Bonchev–Trinajstić information content (AvgIpc) is 2.68. The van der Waals surface area contributed by atoms with E-state index in [2.05, 4.69) is 15.3 Å². The molecule has 0 aliphatic carbocycles. The highest BCUT2D eigenvalue weighted by atomic mass is 16.5. The van der Waals surface area contributed by atoms with Gasteiger partial charge in [0.2, 0.25) is 5.88 Å². The summed E-state index contributed by atoms with van der Waals surface area (Å²) in [5, 5.41) is 2.91. The van der Waals surface area contributed by atoms with Crippen LogP contribution in [0.3, 0.4) is 0 Å². The number of carbonyl (C=O) groups is 1. The molecule has 2 aromatic rings. The van der Waals surface area contributed by atoms with E-state index < -0.39 is 0 Å². The predicted molar refractivity (Wildman–Crippen MR) is 105 cm³/mol. The van der Waals surface area contributed by atoms with E-state index in [4.69, 9.17) is 14.2 Å². The minimum atomic E-state index is -0.157. The molecule has 150 valence electrons. The number of aromatic nitrogens is 2. The van der Waals surface area contributed by atoms with E-state index in [0.717, 1.165) is 18.5 Å². The molecule has 0 saturated carbocycles. The Kier molecular flexibility index (Phi) is 6.18. The fourth-order valence-corrected chi connectivity index (χ4v) is 3.19. The highest BCUT2D eigenvalue weighted by Crippen LogP contribution is 2.29. The van der Waals surface area contributed by atoms with Gasteiger partial charge < -0.3 is 24.4 Å². The molecule has 3 rings (SSSR count). The second-order valence-electron chi connectivity index (χ2n) is 6.70. The minimum Gasteiger partial charge on any atom is -0.497 e. The number of ether oxygens (including phenoxy) is 3. The molecule has 28 heavy (non-hydrogen) atoms. The molecule has 8 heteroatoms. The van der Waals surface area contributed by atoms with Gasteiger partial charge in [0.1, 0.15) is 23.4 Å². The van der Waals surface area contributed by atoms with Crippen molar-refractivity contribution in [1.29, 1.82) is 0 Å². The standard InChI is InChI=1S/C20H26N4O4/c1-13-11-19(22-14(2)21-13)28-15-7-9-24(10-8-15)20(25)23-17-6-5-16(26-3)12-18(17)27-4/h5-6,11-12,15H,7-10H2,1-4H3,(H,23,25). The van der Waals surface area contributed by atoms with E-state index in [1.165, 1.54) is 0 Å². The molecule has 1 saturated heterocycles. The van der Waals surface area contributed by atoms with Crippen molar-refractivity contribution in [3.05, 3.63) is 35.8 Å². The number of likely N-dealkylation sites (tertiary alicyclic amines) is 1. The maximum Gasteiger partial charge on any atom is 0.321 e. The molecule has 2 heterocycles. The third kappa shape index (κ3) is 4.82. The predicted octanol–water partition coefficient (Wildman–Crippen LogP) is 3.19. The van der Waals surface area contributed by atoms with Gasteiger partial charge in [0.15, 0.2) is 0 Å². The summed E-state index contributed by atoms with van der Waals surface area (Å²) < 4.78 is 16.5. The number of anilines is 1. The summed E-state index contributed by atoms with van der Waals surface area (Å²) >= 11 is 0. The topological polar surface area (TPSA) is 85.8 Å². The number of piperidine rings is 1. The molecule has 1 aromatic carbocycles. The molecular weight excluding hydrogens is 360 g/mol. The molecule has 0 bridgehead atoms. The van der Waals surface area contributed by atoms with Gasteiger partial charge in [-0.1, -0.05) is 0 Å². The number of methoxy groups -OCH3 is 2. The third-order valence-corrected chi connectivity index (χ3v) is 4.61. The van der Waals surface area contributed by atoms with Gasteiger partial charge in [0, 0.05) is 43.8 Å². The summed E-state index contributed by atoms with van der Waals surface area (Å²) in [5.41, 5.74) is 1.49. The Balaban J connectivity index is 1.55. The van der Waals surface area contributed by atoms with Crippen LogP contribution >= 0.6 is 0 Å². The van der Waals surface area contributed by atoms with Gasteiger partial charge in [-0.15, -0.1) is 0 Å². The van der Waals surface area contributed by atoms with Crippen molar-refractivity contribution in [2.75, 3.05) is 32.6 Å². The van der Waals surface area contributed by atoms with Crippen molar-refractivity contribution in [1.82, 2.24) is 14.9 Å². The van der Waals surface area contributed by atoms with E-state index in [-0.39, 0.29) is 12.1 Å². The number of aryl methyl sites for hydroxylation is 2. The Hall–Kier alpha value is -3.03. The summed E-state index contributed by atoms with van der Waals surface area (Å²) in [7, 11) is 3.15. The van der Waals surface area contributed by atoms with Crippen LogP contribution < -0.4 is 19.5 Å². The summed E-state index contributed by atoms with van der Waals surface area (Å²) in [5.74, 6) is 2.51. The maximum absolute atomic E-state index is 12.6. The second-order valence-corrected chi connectivity index (χ2v) is 6.70. The van der Waals surface area contributed by atoms with Crippen LogP contribution in [0.4, 0.5) is 10.5 Å². The molecule has 1 aliphatic rings. The summed E-state index contributed by atoms with van der Waals surface area (Å²) in [6, 6.07) is 6.97. The fraction of sp³-hybridized carbons (Fsp3) is 0.450. The highest BCUT2D eigenvalue weighted by Gasteiger charge is 2.25. The van der Waals surface area contributed by atoms with Crippen molar-refractivity contribution in [2.24, 2.45) is 0 Å². The Morgan fingerprint density at radius 2 is 1.86 bits per heavy atom. The number of carbonyl (C=O) groups excluding carboxylic acids is 1. The maximum atomic E-state index is 12.6. The third-order valence-electron chi connectivity index (χ3n) is 4.61. The van der Waals surface area contributed by atoms with E-state index in [0.29, 0.717) is 42.0 Å². The molecule has 0 spiro atoms. The lowest BCUT2D eigenvalue weighted by molar-refractivity contribution is 0.111. The summed E-state index contributed by atoms with van der Waals surface area (Å²) in [6.45, 7) is 4.98. The smallest absolute Gasteiger partial charge is 0.321 e. The lowest BCUT2D eigenvalue weighted by atomic mass is 10.1. The van der Waals surface area contributed by atoms with Gasteiger partial charge in [-0.2, -0.15) is 4.98 Å².